The summed E-state index contributed by atoms with van der Waals surface area (Å²) >= 11 is 0. The number of rotatable bonds is 8. The first-order chi connectivity index (χ1) is 11.6. The Labute approximate surface area is 143 Å². The van der Waals surface area contributed by atoms with Crippen LogP contribution >= 0.6 is 0 Å². The molecule has 2 rings (SSSR count). The molecule has 4 heteroatoms. The van der Waals surface area contributed by atoms with Gasteiger partial charge >= 0.3 is 0 Å². The number of hydrogen-bond donors (Lipinski definition) is 1. The lowest BCUT2D eigenvalue weighted by Crippen LogP contribution is -2.34. The number of amides is 1. The predicted molar refractivity (Wildman–Crippen MR) is 95.6 cm³/mol. The molecule has 4 nitrogen and oxygen atoms in total. The minimum absolute atomic E-state index is 0.0165. The molecule has 0 bridgehead atoms. The van der Waals surface area contributed by atoms with Crippen molar-refractivity contribution in [3.8, 4) is 11.5 Å². The summed E-state index contributed by atoms with van der Waals surface area (Å²) < 4.78 is 10.5. The standard InChI is InChI=1S/C20H25NO3/c1-15(9-10-16-7-5-4-6-8-16)21-20(22)14-17-11-12-18(23-2)19(13-17)24-3/h4-8,11-13,15H,9-10,14H2,1-3H3,(H,21,22)/t15-/m1/s1. The zero-order valence-electron chi connectivity index (χ0n) is 14.5. The topological polar surface area (TPSA) is 47.6 Å². The zero-order valence-corrected chi connectivity index (χ0v) is 14.5. The number of hydrogen-bond acceptors (Lipinski definition) is 3. The molecular formula is C20H25NO3. The Morgan fingerprint density at radius 1 is 1.00 bits per heavy atom. The molecule has 0 aliphatic carbocycles. The van der Waals surface area contributed by atoms with Crippen LogP contribution in [0.15, 0.2) is 48.5 Å². The molecular weight excluding hydrogens is 302 g/mol. The summed E-state index contributed by atoms with van der Waals surface area (Å²) in [4.78, 5) is 12.2. The van der Waals surface area contributed by atoms with E-state index in [2.05, 4.69) is 17.4 Å². The van der Waals surface area contributed by atoms with Gasteiger partial charge in [0.1, 0.15) is 0 Å². The van der Waals surface area contributed by atoms with Gasteiger partial charge in [-0.2, -0.15) is 0 Å². The van der Waals surface area contributed by atoms with Gasteiger partial charge in [0.2, 0.25) is 5.91 Å². The van der Waals surface area contributed by atoms with Crippen LogP contribution in [-0.4, -0.2) is 26.2 Å². The summed E-state index contributed by atoms with van der Waals surface area (Å²) in [5.74, 6) is 1.32. The first kappa shape index (κ1) is 17.9. The number of benzene rings is 2. The maximum absolute atomic E-state index is 12.2. The molecule has 24 heavy (non-hydrogen) atoms. The van der Waals surface area contributed by atoms with E-state index in [0.717, 1.165) is 18.4 Å². The largest absolute Gasteiger partial charge is 0.493 e. The smallest absolute Gasteiger partial charge is 0.224 e. The molecule has 0 aromatic heterocycles. The third-order valence-corrected chi connectivity index (χ3v) is 3.93. The van der Waals surface area contributed by atoms with Crippen molar-refractivity contribution in [1.82, 2.24) is 5.32 Å². The highest BCUT2D eigenvalue weighted by Gasteiger charge is 2.11. The van der Waals surface area contributed by atoms with Crippen molar-refractivity contribution in [1.29, 1.82) is 0 Å². The average Bonchev–Trinajstić information content (AvgIpc) is 2.60. The van der Waals surface area contributed by atoms with E-state index in [0.29, 0.717) is 17.9 Å². The van der Waals surface area contributed by atoms with Crippen molar-refractivity contribution in [2.24, 2.45) is 0 Å². The van der Waals surface area contributed by atoms with Gasteiger partial charge in [-0.3, -0.25) is 4.79 Å². The summed E-state index contributed by atoms with van der Waals surface area (Å²) in [6, 6.07) is 16.0. The van der Waals surface area contributed by atoms with Crippen LogP contribution in [-0.2, 0) is 17.6 Å². The molecule has 2 aromatic rings. The second-order valence-electron chi connectivity index (χ2n) is 5.86. The van der Waals surface area contributed by atoms with Crippen LogP contribution < -0.4 is 14.8 Å². The minimum atomic E-state index is 0.0165. The zero-order chi connectivity index (χ0) is 17.4. The van der Waals surface area contributed by atoms with Crippen LogP contribution in [0.5, 0.6) is 11.5 Å². The van der Waals surface area contributed by atoms with Crippen molar-refractivity contribution in [3.05, 3.63) is 59.7 Å². The van der Waals surface area contributed by atoms with Gasteiger partial charge in [0.15, 0.2) is 11.5 Å². The maximum Gasteiger partial charge on any atom is 0.224 e. The SMILES string of the molecule is COc1ccc(CC(=O)N[C@H](C)CCc2ccccc2)cc1OC. The number of nitrogens with one attached hydrogen (secondary N) is 1. The van der Waals surface area contributed by atoms with E-state index in [9.17, 15) is 4.79 Å². The monoisotopic (exact) mass is 327 g/mol. The molecule has 0 heterocycles. The summed E-state index contributed by atoms with van der Waals surface area (Å²) in [6.45, 7) is 2.04. The van der Waals surface area contributed by atoms with E-state index in [1.54, 1.807) is 14.2 Å². The molecule has 1 amide bonds. The summed E-state index contributed by atoms with van der Waals surface area (Å²) in [6.07, 6.45) is 2.20. The number of carbonyl (C=O) groups is 1. The van der Waals surface area contributed by atoms with Crippen LogP contribution in [0.3, 0.4) is 0 Å². The van der Waals surface area contributed by atoms with Crippen molar-refractivity contribution in [2.45, 2.75) is 32.2 Å². The van der Waals surface area contributed by atoms with E-state index in [1.807, 2.05) is 43.3 Å². The fourth-order valence-electron chi connectivity index (χ4n) is 2.60. The third-order valence-electron chi connectivity index (χ3n) is 3.93. The predicted octanol–water partition coefficient (Wildman–Crippen LogP) is 3.38. The van der Waals surface area contributed by atoms with Gasteiger partial charge in [0, 0.05) is 6.04 Å². The molecule has 0 saturated heterocycles. The quantitative estimate of drug-likeness (QED) is 0.808. The van der Waals surface area contributed by atoms with Gasteiger partial charge < -0.3 is 14.8 Å². The third kappa shape index (κ3) is 5.30. The van der Waals surface area contributed by atoms with Gasteiger partial charge in [-0.05, 0) is 43.0 Å². The molecule has 0 saturated carbocycles. The van der Waals surface area contributed by atoms with Crippen LogP contribution in [0.25, 0.3) is 0 Å². The first-order valence-electron chi connectivity index (χ1n) is 8.16. The summed E-state index contributed by atoms with van der Waals surface area (Å²) in [7, 11) is 3.19. The van der Waals surface area contributed by atoms with Gasteiger partial charge in [-0.25, -0.2) is 0 Å². The maximum atomic E-state index is 12.2. The van der Waals surface area contributed by atoms with E-state index in [4.69, 9.17) is 9.47 Å². The normalized spacial score (nSPS) is 11.6. The van der Waals surface area contributed by atoms with Crippen molar-refractivity contribution in [3.63, 3.8) is 0 Å². The Bertz CT molecular complexity index is 655. The number of carbonyl (C=O) groups excluding carboxylic acids is 1. The Morgan fingerprint density at radius 2 is 1.71 bits per heavy atom. The fourth-order valence-corrected chi connectivity index (χ4v) is 2.60. The number of methoxy groups -OCH3 is 2. The Morgan fingerprint density at radius 3 is 2.38 bits per heavy atom. The minimum Gasteiger partial charge on any atom is -0.493 e. The second-order valence-corrected chi connectivity index (χ2v) is 5.86. The van der Waals surface area contributed by atoms with Crippen molar-refractivity contribution >= 4 is 5.91 Å². The van der Waals surface area contributed by atoms with Crippen molar-refractivity contribution < 1.29 is 14.3 Å². The molecule has 0 fully saturated rings. The molecule has 0 aliphatic rings. The highest BCUT2D eigenvalue weighted by Crippen LogP contribution is 2.27. The van der Waals surface area contributed by atoms with Crippen LogP contribution in [0.4, 0.5) is 0 Å². The molecule has 1 atom stereocenters. The Balaban J connectivity index is 1.84. The van der Waals surface area contributed by atoms with Crippen molar-refractivity contribution in [2.75, 3.05) is 14.2 Å². The number of aryl methyl sites for hydroxylation is 1. The van der Waals surface area contributed by atoms with Crippen LogP contribution in [0.2, 0.25) is 0 Å². The fraction of sp³-hybridized carbons (Fsp3) is 0.350. The second kappa shape index (κ2) is 8.96. The summed E-state index contributed by atoms with van der Waals surface area (Å²) in [5, 5.41) is 3.05. The summed E-state index contributed by atoms with van der Waals surface area (Å²) in [5.41, 5.74) is 2.19. The first-order valence-corrected chi connectivity index (χ1v) is 8.16. The molecule has 2 aromatic carbocycles. The Hall–Kier alpha value is -2.49. The van der Waals surface area contributed by atoms with E-state index in [1.165, 1.54) is 5.56 Å². The lowest BCUT2D eigenvalue weighted by molar-refractivity contribution is -0.121. The van der Waals surface area contributed by atoms with Gasteiger partial charge in [0.05, 0.1) is 20.6 Å². The van der Waals surface area contributed by atoms with E-state index in [-0.39, 0.29) is 11.9 Å². The van der Waals surface area contributed by atoms with Gasteiger partial charge in [-0.1, -0.05) is 36.4 Å². The van der Waals surface area contributed by atoms with E-state index >= 15 is 0 Å². The molecule has 1 N–H and O–H groups in total. The van der Waals surface area contributed by atoms with Crippen LogP contribution in [0, 0.1) is 0 Å². The van der Waals surface area contributed by atoms with E-state index < -0.39 is 0 Å². The average molecular weight is 327 g/mol. The molecule has 0 aliphatic heterocycles. The van der Waals surface area contributed by atoms with Gasteiger partial charge in [0.25, 0.3) is 0 Å². The molecule has 0 spiro atoms. The van der Waals surface area contributed by atoms with Gasteiger partial charge in [-0.15, -0.1) is 0 Å². The lowest BCUT2D eigenvalue weighted by Gasteiger charge is -2.14. The lowest BCUT2D eigenvalue weighted by atomic mass is 10.1. The molecule has 0 radical (unpaired) electrons. The molecule has 0 unspecified atom stereocenters. The Kier molecular flexibility index (Phi) is 6.67. The molecule has 128 valence electrons. The highest BCUT2D eigenvalue weighted by molar-refractivity contribution is 5.79. The van der Waals surface area contributed by atoms with Crippen LogP contribution in [0.1, 0.15) is 24.5 Å². The highest BCUT2D eigenvalue weighted by atomic mass is 16.5. The number of ether oxygens (including phenoxy) is 2.